The molecule has 1 amide bonds. The molecule has 5 rings (SSSR count). The van der Waals surface area contributed by atoms with Gasteiger partial charge in [0.15, 0.2) is 11.5 Å². The van der Waals surface area contributed by atoms with E-state index in [4.69, 9.17) is 9.47 Å². The first kappa shape index (κ1) is 20.6. The summed E-state index contributed by atoms with van der Waals surface area (Å²) in [5, 5.41) is 6.47. The number of anilines is 2. The average Bonchev–Trinajstić information content (AvgIpc) is 3.35. The highest BCUT2D eigenvalue weighted by molar-refractivity contribution is 9.10. The van der Waals surface area contributed by atoms with E-state index in [-0.39, 0.29) is 12.7 Å². The average molecular weight is 492 g/mol. The van der Waals surface area contributed by atoms with Gasteiger partial charge in [-0.25, -0.2) is 0 Å². The lowest BCUT2D eigenvalue weighted by molar-refractivity contribution is -0.110. The zero-order valence-electron chi connectivity index (χ0n) is 17.7. The van der Waals surface area contributed by atoms with Gasteiger partial charge in [0.05, 0.1) is 17.0 Å². The third-order valence-corrected chi connectivity index (χ3v) is 5.85. The molecule has 7 heteroatoms. The van der Waals surface area contributed by atoms with Crippen molar-refractivity contribution in [2.24, 2.45) is 0 Å². The number of rotatable bonds is 5. The van der Waals surface area contributed by atoms with Crippen molar-refractivity contribution in [3.8, 4) is 11.5 Å². The van der Waals surface area contributed by atoms with Crippen LogP contribution in [0, 0.1) is 0 Å². The van der Waals surface area contributed by atoms with Crippen molar-refractivity contribution < 1.29 is 14.3 Å². The lowest BCUT2D eigenvalue weighted by atomic mass is 9.99. The fourth-order valence-electron chi connectivity index (χ4n) is 3.93. The molecule has 2 aliphatic rings. The Hall–Kier alpha value is -3.29. The van der Waals surface area contributed by atoms with Gasteiger partial charge in [-0.05, 0) is 62.1 Å². The van der Waals surface area contributed by atoms with Crippen molar-refractivity contribution in [1.82, 2.24) is 4.90 Å². The van der Waals surface area contributed by atoms with Crippen molar-refractivity contribution in [2.75, 3.05) is 31.5 Å². The quantitative estimate of drug-likeness (QED) is 0.482. The van der Waals surface area contributed by atoms with Crippen molar-refractivity contribution in [3.63, 3.8) is 0 Å². The Morgan fingerprint density at radius 3 is 2.59 bits per heavy atom. The van der Waals surface area contributed by atoms with Gasteiger partial charge in [0.1, 0.15) is 0 Å². The third-order valence-electron chi connectivity index (χ3n) is 5.36. The maximum Gasteiger partial charge on any atom is 0.258 e. The molecule has 0 saturated heterocycles. The standard InChI is InChI=1S/C25H22BrN3O3/c1-29(2)13-15-3-7-18(8-4-15)27-24(16-5-10-21-22(11-16)32-14-31-21)23-19-9-6-17(26)12-20(19)28-25(23)30/h3-12,27H,13-14H2,1-2H3,(H,28,30). The minimum absolute atomic E-state index is 0.150. The number of amides is 1. The number of carbonyl (C=O) groups excluding carboxylic acids is 1. The van der Waals surface area contributed by atoms with Crippen molar-refractivity contribution in [2.45, 2.75) is 6.54 Å². The summed E-state index contributed by atoms with van der Waals surface area (Å²) in [5.41, 5.74) is 5.87. The second-order valence-corrected chi connectivity index (χ2v) is 8.94. The number of nitrogens with one attached hydrogen (secondary N) is 2. The summed E-state index contributed by atoms with van der Waals surface area (Å²) < 4.78 is 12.0. The van der Waals surface area contributed by atoms with E-state index in [0.717, 1.165) is 33.5 Å². The Balaban J connectivity index is 1.61. The molecule has 0 spiro atoms. The van der Waals surface area contributed by atoms with Crippen LogP contribution >= 0.6 is 15.9 Å². The van der Waals surface area contributed by atoms with E-state index in [1.165, 1.54) is 5.56 Å². The lowest BCUT2D eigenvalue weighted by Gasteiger charge is -2.16. The van der Waals surface area contributed by atoms with Crippen LogP contribution < -0.4 is 20.1 Å². The second-order valence-electron chi connectivity index (χ2n) is 8.02. The SMILES string of the molecule is CN(C)Cc1ccc(NC(=C2C(=O)Nc3cc(Br)ccc32)c2ccc3c(c2)OCO3)cc1. The molecule has 0 fully saturated rings. The molecule has 0 atom stereocenters. The highest BCUT2D eigenvalue weighted by Crippen LogP contribution is 2.41. The van der Waals surface area contributed by atoms with Gasteiger partial charge in [0, 0.05) is 27.8 Å². The number of nitrogens with zero attached hydrogens (tertiary/aromatic N) is 1. The van der Waals surface area contributed by atoms with Crippen LogP contribution in [0.4, 0.5) is 11.4 Å². The minimum Gasteiger partial charge on any atom is -0.454 e. The molecular formula is C25H22BrN3O3. The van der Waals surface area contributed by atoms with Crippen LogP contribution in [0.25, 0.3) is 11.3 Å². The Labute approximate surface area is 195 Å². The number of hydrogen-bond donors (Lipinski definition) is 2. The zero-order valence-corrected chi connectivity index (χ0v) is 19.3. The van der Waals surface area contributed by atoms with Crippen LogP contribution in [-0.4, -0.2) is 31.7 Å². The molecule has 0 aromatic heterocycles. The monoisotopic (exact) mass is 491 g/mol. The number of carbonyl (C=O) groups is 1. The number of benzene rings is 3. The van der Waals surface area contributed by atoms with Gasteiger partial charge in [-0.1, -0.05) is 34.1 Å². The largest absolute Gasteiger partial charge is 0.454 e. The molecule has 2 heterocycles. The van der Waals surface area contributed by atoms with Gasteiger partial charge in [-0.2, -0.15) is 0 Å². The molecule has 6 nitrogen and oxygen atoms in total. The molecule has 162 valence electrons. The number of ether oxygens (including phenoxy) is 2. The second kappa shape index (κ2) is 8.33. The molecule has 32 heavy (non-hydrogen) atoms. The summed E-state index contributed by atoms with van der Waals surface area (Å²) >= 11 is 3.48. The van der Waals surface area contributed by atoms with Crippen molar-refractivity contribution in [1.29, 1.82) is 0 Å². The predicted octanol–water partition coefficient (Wildman–Crippen LogP) is 5.17. The Morgan fingerprint density at radius 1 is 1.03 bits per heavy atom. The smallest absolute Gasteiger partial charge is 0.258 e. The highest BCUT2D eigenvalue weighted by Gasteiger charge is 2.29. The van der Waals surface area contributed by atoms with Gasteiger partial charge < -0.3 is 25.0 Å². The zero-order chi connectivity index (χ0) is 22.2. The third kappa shape index (κ3) is 3.97. The van der Waals surface area contributed by atoms with Gasteiger partial charge in [0.2, 0.25) is 6.79 Å². The molecule has 2 aliphatic heterocycles. The molecular weight excluding hydrogens is 470 g/mol. The minimum atomic E-state index is -0.150. The summed E-state index contributed by atoms with van der Waals surface area (Å²) in [7, 11) is 4.09. The van der Waals surface area contributed by atoms with Crippen LogP contribution in [0.3, 0.4) is 0 Å². The molecule has 3 aromatic rings. The van der Waals surface area contributed by atoms with E-state index in [0.29, 0.717) is 22.8 Å². The molecule has 0 saturated carbocycles. The highest BCUT2D eigenvalue weighted by atomic mass is 79.9. The fraction of sp³-hybridized carbons (Fsp3) is 0.160. The van der Waals surface area contributed by atoms with Gasteiger partial charge in [0.25, 0.3) is 5.91 Å². The number of halogens is 1. The van der Waals surface area contributed by atoms with E-state index in [9.17, 15) is 4.79 Å². The molecule has 0 bridgehead atoms. The van der Waals surface area contributed by atoms with Crippen LogP contribution in [0.2, 0.25) is 0 Å². The van der Waals surface area contributed by atoms with Crippen molar-refractivity contribution in [3.05, 3.63) is 81.8 Å². The summed E-state index contributed by atoms with van der Waals surface area (Å²) in [6.45, 7) is 1.06. The van der Waals surface area contributed by atoms with E-state index < -0.39 is 0 Å². The summed E-state index contributed by atoms with van der Waals surface area (Å²) in [5.74, 6) is 1.21. The van der Waals surface area contributed by atoms with Gasteiger partial charge in [-0.3, -0.25) is 4.79 Å². The Bertz CT molecular complexity index is 1240. The maximum atomic E-state index is 13.1. The predicted molar refractivity (Wildman–Crippen MR) is 130 cm³/mol. The van der Waals surface area contributed by atoms with Crippen LogP contribution in [0.15, 0.2) is 65.1 Å². The number of hydrogen-bond acceptors (Lipinski definition) is 5. The Morgan fingerprint density at radius 2 is 1.81 bits per heavy atom. The fourth-order valence-corrected chi connectivity index (χ4v) is 4.29. The molecule has 0 radical (unpaired) electrons. The van der Waals surface area contributed by atoms with Gasteiger partial charge in [-0.15, -0.1) is 0 Å². The van der Waals surface area contributed by atoms with Crippen LogP contribution in [-0.2, 0) is 11.3 Å². The topological polar surface area (TPSA) is 62.8 Å². The molecule has 2 N–H and O–H groups in total. The summed E-state index contributed by atoms with van der Waals surface area (Å²) in [4.78, 5) is 15.2. The lowest BCUT2D eigenvalue weighted by Crippen LogP contribution is -2.11. The molecule has 0 unspecified atom stereocenters. The van der Waals surface area contributed by atoms with Gasteiger partial charge >= 0.3 is 0 Å². The first-order chi connectivity index (χ1) is 15.5. The van der Waals surface area contributed by atoms with E-state index >= 15 is 0 Å². The number of fused-ring (bicyclic) bond motifs is 2. The first-order valence-corrected chi connectivity index (χ1v) is 11.0. The molecule has 0 aliphatic carbocycles. The van der Waals surface area contributed by atoms with Crippen molar-refractivity contribution >= 4 is 44.5 Å². The van der Waals surface area contributed by atoms with E-state index in [2.05, 4.69) is 43.6 Å². The first-order valence-electron chi connectivity index (χ1n) is 10.2. The maximum absolute atomic E-state index is 13.1. The summed E-state index contributed by atoms with van der Waals surface area (Å²) in [6, 6.07) is 19.7. The van der Waals surface area contributed by atoms with Crippen LogP contribution in [0.5, 0.6) is 11.5 Å². The Kier molecular flexibility index (Phi) is 5.36. The van der Waals surface area contributed by atoms with E-state index in [1.54, 1.807) is 0 Å². The van der Waals surface area contributed by atoms with E-state index in [1.807, 2.05) is 62.6 Å². The van der Waals surface area contributed by atoms with Crippen LogP contribution in [0.1, 0.15) is 16.7 Å². The normalized spacial score (nSPS) is 15.6. The summed E-state index contributed by atoms with van der Waals surface area (Å²) in [6.07, 6.45) is 0. The molecule has 3 aromatic carbocycles.